The molecule has 1 aliphatic heterocycles. The number of oxime groups is 1. The van der Waals surface area contributed by atoms with Gasteiger partial charge in [0.1, 0.15) is 11.8 Å². The lowest BCUT2D eigenvalue weighted by atomic mass is 9.91. The Kier molecular flexibility index (Phi) is 3.32. The van der Waals surface area contributed by atoms with E-state index >= 15 is 0 Å². The number of aliphatic hydroxyl groups is 1. The molecule has 102 valence electrons. The zero-order valence-electron chi connectivity index (χ0n) is 11.4. The zero-order chi connectivity index (χ0) is 14.2. The highest BCUT2D eigenvalue weighted by Crippen LogP contribution is 2.28. The standard InChI is InChI=1S/C14H17NO4/c1-8-7-9(13(17)18-4)5-6-10(8)11-12(16)14(2,3)19-15-11/h5-7,12,16H,1-4H3. The molecule has 0 bridgehead atoms. The maximum Gasteiger partial charge on any atom is 0.337 e. The topological polar surface area (TPSA) is 68.1 Å². The molecular weight excluding hydrogens is 246 g/mol. The minimum atomic E-state index is -0.796. The predicted molar refractivity (Wildman–Crippen MR) is 70.2 cm³/mol. The fourth-order valence-electron chi connectivity index (χ4n) is 1.99. The highest BCUT2D eigenvalue weighted by Gasteiger charge is 2.40. The number of rotatable bonds is 2. The van der Waals surface area contributed by atoms with Crippen LogP contribution in [0.4, 0.5) is 0 Å². The summed E-state index contributed by atoms with van der Waals surface area (Å²) in [5.74, 6) is -0.389. The van der Waals surface area contributed by atoms with Crippen molar-refractivity contribution >= 4 is 11.7 Å². The Morgan fingerprint density at radius 1 is 1.47 bits per heavy atom. The lowest BCUT2D eigenvalue weighted by molar-refractivity contribution is -0.0476. The first kappa shape index (κ1) is 13.5. The van der Waals surface area contributed by atoms with Crippen LogP contribution in [-0.2, 0) is 9.57 Å². The van der Waals surface area contributed by atoms with Gasteiger partial charge in [0, 0.05) is 5.56 Å². The van der Waals surface area contributed by atoms with Gasteiger partial charge in [-0.3, -0.25) is 0 Å². The fourth-order valence-corrected chi connectivity index (χ4v) is 1.99. The molecule has 5 heteroatoms. The molecule has 0 spiro atoms. The van der Waals surface area contributed by atoms with Gasteiger partial charge in [-0.15, -0.1) is 0 Å². The van der Waals surface area contributed by atoms with Crippen molar-refractivity contribution in [2.45, 2.75) is 32.5 Å². The van der Waals surface area contributed by atoms with Crippen LogP contribution in [0.5, 0.6) is 0 Å². The maximum absolute atomic E-state index is 11.4. The Bertz CT molecular complexity index is 548. The molecule has 5 nitrogen and oxygen atoms in total. The van der Waals surface area contributed by atoms with Crippen LogP contribution in [0.2, 0.25) is 0 Å². The number of carbonyl (C=O) groups is 1. The van der Waals surface area contributed by atoms with E-state index in [0.717, 1.165) is 11.1 Å². The molecule has 1 atom stereocenters. The number of hydrogen-bond donors (Lipinski definition) is 1. The molecule has 19 heavy (non-hydrogen) atoms. The van der Waals surface area contributed by atoms with Crippen LogP contribution < -0.4 is 0 Å². The summed E-state index contributed by atoms with van der Waals surface area (Å²) in [6.45, 7) is 5.39. The number of esters is 1. The molecule has 1 aromatic rings. The molecular formula is C14H17NO4. The van der Waals surface area contributed by atoms with E-state index in [2.05, 4.69) is 9.89 Å². The minimum Gasteiger partial charge on any atom is -0.465 e. The molecule has 0 fully saturated rings. The summed E-state index contributed by atoms with van der Waals surface area (Å²) < 4.78 is 4.67. The van der Waals surface area contributed by atoms with Gasteiger partial charge in [-0.1, -0.05) is 11.2 Å². The summed E-state index contributed by atoms with van der Waals surface area (Å²) in [6.07, 6.45) is -0.796. The zero-order valence-corrected chi connectivity index (χ0v) is 11.4. The van der Waals surface area contributed by atoms with Crippen LogP contribution in [0.1, 0.15) is 35.3 Å². The van der Waals surface area contributed by atoms with E-state index in [1.165, 1.54) is 7.11 Å². The molecule has 1 aromatic carbocycles. The second-order valence-corrected chi connectivity index (χ2v) is 5.10. The summed E-state index contributed by atoms with van der Waals surface area (Å²) in [6, 6.07) is 5.10. The molecule has 0 aliphatic carbocycles. The van der Waals surface area contributed by atoms with Gasteiger partial charge in [0.25, 0.3) is 0 Å². The first-order chi connectivity index (χ1) is 8.86. The first-order valence-corrected chi connectivity index (χ1v) is 6.00. The Hall–Kier alpha value is -1.88. The highest BCUT2D eigenvalue weighted by molar-refractivity contribution is 6.06. The Morgan fingerprint density at radius 3 is 2.63 bits per heavy atom. The van der Waals surface area contributed by atoms with Crippen molar-refractivity contribution in [3.8, 4) is 0 Å². The van der Waals surface area contributed by atoms with Crippen molar-refractivity contribution in [2.75, 3.05) is 7.11 Å². The quantitative estimate of drug-likeness (QED) is 0.824. The van der Waals surface area contributed by atoms with Gasteiger partial charge >= 0.3 is 5.97 Å². The van der Waals surface area contributed by atoms with Gasteiger partial charge in [0.15, 0.2) is 5.60 Å². The average molecular weight is 263 g/mol. The van der Waals surface area contributed by atoms with Crippen LogP contribution in [0.15, 0.2) is 23.4 Å². The van der Waals surface area contributed by atoms with Crippen molar-refractivity contribution in [2.24, 2.45) is 5.16 Å². The molecule has 1 aliphatic rings. The van der Waals surface area contributed by atoms with Gasteiger partial charge in [0.2, 0.25) is 0 Å². The molecule has 1 N–H and O–H groups in total. The number of aryl methyl sites for hydroxylation is 1. The Labute approximate surface area is 111 Å². The lowest BCUT2D eigenvalue weighted by Crippen LogP contribution is -2.38. The van der Waals surface area contributed by atoms with E-state index in [9.17, 15) is 9.90 Å². The molecule has 0 radical (unpaired) electrons. The third kappa shape index (κ3) is 2.33. The molecule has 0 saturated heterocycles. The number of carbonyl (C=O) groups excluding carboxylic acids is 1. The normalized spacial score (nSPS) is 20.7. The number of hydrogen-bond acceptors (Lipinski definition) is 5. The Balaban J connectivity index is 2.36. The molecule has 1 unspecified atom stereocenters. The fraction of sp³-hybridized carbons (Fsp3) is 0.429. The van der Waals surface area contributed by atoms with E-state index in [0.29, 0.717) is 11.3 Å². The Morgan fingerprint density at radius 2 is 2.16 bits per heavy atom. The number of ether oxygens (including phenoxy) is 1. The largest absolute Gasteiger partial charge is 0.465 e. The third-order valence-electron chi connectivity index (χ3n) is 3.22. The summed E-state index contributed by atoms with van der Waals surface area (Å²) in [5.41, 5.74) is 1.83. The smallest absolute Gasteiger partial charge is 0.337 e. The van der Waals surface area contributed by atoms with Gasteiger partial charge in [-0.05, 0) is 38.5 Å². The van der Waals surface area contributed by atoms with Crippen LogP contribution in [-0.4, -0.2) is 35.6 Å². The van der Waals surface area contributed by atoms with Gasteiger partial charge in [0.05, 0.1) is 12.7 Å². The van der Waals surface area contributed by atoms with Crippen LogP contribution in [0, 0.1) is 6.92 Å². The summed E-state index contributed by atoms with van der Waals surface area (Å²) >= 11 is 0. The molecule has 2 rings (SSSR count). The third-order valence-corrected chi connectivity index (χ3v) is 3.22. The average Bonchev–Trinajstić information content (AvgIpc) is 2.64. The minimum absolute atomic E-state index is 0.389. The maximum atomic E-state index is 11.4. The second-order valence-electron chi connectivity index (χ2n) is 5.10. The van der Waals surface area contributed by atoms with Crippen molar-refractivity contribution in [3.05, 3.63) is 34.9 Å². The SMILES string of the molecule is COC(=O)c1ccc(C2=NOC(C)(C)C2O)c(C)c1. The first-order valence-electron chi connectivity index (χ1n) is 6.00. The summed E-state index contributed by atoms with van der Waals surface area (Å²) in [5, 5.41) is 14.1. The van der Waals surface area contributed by atoms with E-state index < -0.39 is 11.7 Å². The van der Waals surface area contributed by atoms with Crippen LogP contribution >= 0.6 is 0 Å². The van der Waals surface area contributed by atoms with Crippen molar-refractivity contribution < 1.29 is 19.5 Å². The number of methoxy groups -OCH3 is 1. The van der Waals surface area contributed by atoms with E-state index in [1.807, 2.05) is 6.92 Å². The summed E-state index contributed by atoms with van der Waals surface area (Å²) in [4.78, 5) is 16.7. The molecule has 0 amide bonds. The lowest BCUT2D eigenvalue weighted by Gasteiger charge is -2.20. The van der Waals surface area contributed by atoms with E-state index in [-0.39, 0.29) is 5.97 Å². The number of aliphatic hydroxyl groups excluding tert-OH is 1. The van der Waals surface area contributed by atoms with Crippen LogP contribution in [0.25, 0.3) is 0 Å². The van der Waals surface area contributed by atoms with Crippen molar-refractivity contribution in [3.63, 3.8) is 0 Å². The summed E-state index contributed by atoms with van der Waals surface area (Å²) in [7, 11) is 1.34. The molecule has 1 heterocycles. The highest BCUT2D eigenvalue weighted by atomic mass is 16.7. The van der Waals surface area contributed by atoms with Crippen LogP contribution in [0.3, 0.4) is 0 Å². The van der Waals surface area contributed by atoms with Crippen molar-refractivity contribution in [1.29, 1.82) is 0 Å². The van der Waals surface area contributed by atoms with Gasteiger partial charge < -0.3 is 14.7 Å². The monoisotopic (exact) mass is 263 g/mol. The van der Waals surface area contributed by atoms with Crippen molar-refractivity contribution in [1.82, 2.24) is 0 Å². The predicted octanol–water partition coefficient (Wildman–Crippen LogP) is 1.66. The van der Waals surface area contributed by atoms with E-state index in [1.54, 1.807) is 32.0 Å². The van der Waals surface area contributed by atoms with Gasteiger partial charge in [-0.25, -0.2) is 4.79 Å². The second kappa shape index (κ2) is 4.66. The van der Waals surface area contributed by atoms with E-state index in [4.69, 9.17) is 4.84 Å². The molecule has 0 saturated carbocycles. The number of nitrogens with zero attached hydrogens (tertiary/aromatic N) is 1. The number of benzene rings is 1. The van der Waals surface area contributed by atoms with Gasteiger partial charge in [-0.2, -0.15) is 0 Å². The molecule has 0 aromatic heterocycles.